The number of ether oxygens (including phenoxy) is 1. The van der Waals surface area contributed by atoms with E-state index in [4.69, 9.17) is 4.74 Å². The third-order valence-electron chi connectivity index (χ3n) is 5.66. The van der Waals surface area contributed by atoms with Crippen molar-refractivity contribution in [3.63, 3.8) is 0 Å². The van der Waals surface area contributed by atoms with Gasteiger partial charge in [0.15, 0.2) is 0 Å². The van der Waals surface area contributed by atoms with Gasteiger partial charge in [-0.2, -0.15) is 0 Å². The number of amides is 1. The minimum Gasteiger partial charge on any atom is -0.391 e. The van der Waals surface area contributed by atoms with Crippen molar-refractivity contribution in [3.05, 3.63) is 0 Å². The molecule has 27 heavy (non-hydrogen) atoms. The first-order chi connectivity index (χ1) is 12.7. The number of rotatable bonds is 7. The molecule has 2 fully saturated rings. The van der Waals surface area contributed by atoms with Gasteiger partial charge in [-0.15, -0.1) is 11.8 Å². The highest BCUT2D eigenvalue weighted by Gasteiger charge is 2.48. The van der Waals surface area contributed by atoms with Gasteiger partial charge in [-0.25, -0.2) is 0 Å². The molecule has 9 heteroatoms. The molecule has 2 aliphatic rings. The summed E-state index contributed by atoms with van der Waals surface area (Å²) >= 11 is 1.20. The number of carbonyl (C=O) groups excluding carboxylic acids is 1. The molecule has 2 saturated heterocycles. The van der Waals surface area contributed by atoms with Crippen molar-refractivity contribution >= 4 is 17.7 Å². The highest BCUT2D eigenvalue weighted by molar-refractivity contribution is 7.99. The molecule has 5 N–H and O–H groups in total. The van der Waals surface area contributed by atoms with Crippen LogP contribution >= 0.6 is 11.8 Å². The summed E-state index contributed by atoms with van der Waals surface area (Å²) in [6.07, 6.45) is -1.50. The van der Waals surface area contributed by atoms with E-state index >= 15 is 0 Å². The number of nitrogens with zero attached hydrogens (tertiary/aromatic N) is 1. The van der Waals surface area contributed by atoms with E-state index in [1.165, 1.54) is 18.7 Å². The number of carbonyl (C=O) groups is 1. The maximum Gasteiger partial charge on any atom is 0.237 e. The number of nitrogens with one attached hydrogen (secondary N) is 1. The molecule has 0 aromatic heterocycles. The molecule has 2 heterocycles. The van der Waals surface area contributed by atoms with Crippen molar-refractivity contribution < 1.29 is 30.0 Å². The molecule has 9 atom stereocenters. The fourth-order valence-electron chi connectivity index (χ4n) is 4.13. The number of thioether (sulfide) groups is 1. The Morgan fingerprint density at radius 1 is 1.30 bits per heavy atom. The van der Waals surface area contributed by atoms with E-state index in [0.717, 1.165) is 25.8 Å². The molecular formula is C18H34N2O6S. The maximum atomic E-state index is 12.8. The lowest BCUT2D eigenvalue weighted by Gasteiger charge is -2.44. The van der Waals surface area contributed by atoms with Gasteiger partial charge in [-0.1, -0.05) is 13.3 Å². The fourth-order valence-corrected chi connectivity index (χ4v) is 4.81. The summed E-state index contributed by atoms with van der Waals surface area (Å²) in [7, 11) is 1.91. The highest BCUT2D eigenvalue weighted by atomic mass is 32.2. The summed E-state index contributed by atoms with van der Waals surface area (Å²) in [6.45, 7) is 4.48. The summed E-state index contributed by atoms with van der Waals surface area (Å²) in [6, 6.07) is -1.20. The van der Waals surface area contributed by atoms with Gasteiger partial charge in [0.2, 0.25) is 5.91 Å². The molecular weight excluding hydrogens is 372 g/mol. The predicted molar refractivity (Wildman–Crippen MR) is 103 cm³/mol. The summed E-state index contributed by atoms with van der Waals surface area (Å²) in [5.74, 6) is 0.245. The van der Waals surface area contributed by atoms with Crippen LogP contribution in [-0.2, 0) is 9.53 Å². The van der Waals surface area contributed by atoms with Gasteiger partial charge in [0.1, 0.15) is 29.9 Å². The Morgan fingerprint density at radius 3 is 2.52 bits per heavy atom. The second kappa shape index (κ2) is 9.87. The summed E-state index contributed by atoms with van der Waals surface area (Å²) < 4.78 is 5.72. The first-order valence-electron chi connectivity index (χ1n) is 9.62. The molecule has 0 bridgehead atoms. The monoisotopic (exact) mass is 406 g/mol. The molecule has 0 aromatic carbocycles. The van der Waals surface area contributed by atoms with Gasteiger partial charge in [0.05, 0.1) is 18.2 Å². The Labute approximate surface area is 165 Å². The minimum absolute atomic E-state index is 0.223. The van der Waals surface area contributed by atoms with Crippen LogP contribution in [0.2, 0.25) is 0 Å². The lowest BCUT2D eigenvalue weighted by Crippen LogP contribution is -2.65. The Kier molecular flexibility index (Phi) is 8.35. The standard InChI is InChI=1S/C18H34N2O6S/c1-5-6-10-7-11(20(3)8-10)17(25)19-12(9(2)21)16-14(23)13(22)15(24)18(26-16)27-4/h9-16,18,21-24H,5-8H2,1-4H3,(H,19,25)/t9?,10?,11?,12-,13?,14?,15?,16-,18?/m0/s1. The zero-order valence-electron chi connectivity index (χ0n) is 16.5. The lowest BCUT2D eigenvalue weighted by molar-refractivity contribution is -0.211. The Balaban J connectivity index is 2.09. The van der Waals surface area contributed by atoms with Crippen molar-refractivity contribution in [2.24, 2.45) is 5.92 Å². The largest absolute Gasteiger partial charge is 0.391 e. The average molecular weight is 407 g/mol. The van der Waals surface area contributed by atoms with Gasteiger partial charge < -0.3 is 30.5 Å². The zero-order chi connectivity index (χ0) is 20.3. The van der Waals surface area contributed by atoms with E-state index in [9.17, 15) is 25.2 Å². The number of hydrogen-bond donors (Lipinski definition) is 5. The molecule has 2 rings (SSSR count). The van der Waals surface area contributed by atoms with E-state index in [2.05, 4.69) is 12.2 Å². The van der Waals surface area contributed by atoms with Crippen LogP contribution < -0.4 is 5.32 Å². The van der Waals surface area contributed by atoms with E-state index in [1.807, 2.05) is 11.9 Å². The quantitative estimate of drug-likeness (QED) is 0.370. The number of aliphatic hydroxyl groups excluding tert-OH is 4. The Hall–Kier alpha value is -0.420. The molecule has 0 radical (unpaired) electrons. The van der Waals surface area contributed by atoms with Gasteiger partial charge >= 0.3 is 0 Å². The van der Waals surface area contributed by atoms with Gasteiger partial charge in [-0.3, -0.25) is 9.69 Å². The summed E-state index contributed by atoms with van der Waals surface area (Å²) in [4.78, 5) is 14.9. The zero-order valence-corrected chi connectivity index (χ0v) is 17.3. The van der Waals surface area contributed by atoms with Crippen molar-refractivity contribution in [3.8, 4) is 0 Å². The second-order valence-corrected chi connectivity index (χ2v) is 8.73. The molecule has 0 aliphatic carbocycles. The van der Waals surface area contributed by atoms with Gasteiger partial charge in [0, 0.05) is 6.54 Å². The third kappa shape index (κ3) is 5.14. The van der Waals surface area contributed by atoms with Crippen LogP contribution in [0.5, 0.6) is 0 Å². The average Bonchev–Trinajstić information content (AvgIpc) is 2.99. The Morgan fingerprint density at radius 2 is 1.96 bits per heavy atom. The van der Waals surface area contributed by atoms with Gasteiger partial charge in [0.25, 0.3) is 0 Å². The van der Waals surface area contributed by atoms with Crippen LogP contribution in [0, 0.1) is 5.92 Å². The normalized spacial score (nSPS) is 39.9. The number of hydrogen-bond acceptors (Lipinski definition) is 8. The first kappa shape index (κ1) is 22.9. The smallest absolute Gasteiger partial charge is 0.237 e. The maximum absolute atomic E-state index is 12.8. The molecule has 1 amide bonds. The van der Waals surface area contributed by atoms with E-state index < -0.39 is 42.0 Å². The van der Waals surface area contributed by atoms with Crippen LogP contribution in [0.3, 0.4) is 0 Å². The highest BCUT2D eigenvalue weighted by Crippen LogP contribution is 2.30. The SMILES string of the molecule is CCCC1CC(C(=O)N[C@@H](C(C)O)[C@@H]2OC(SC)C(O)C(O)C2O)N(C)C1. The van der Waals surface area contributed by atoms with Gasteiger partial charge in [-0.05, 0) is 39.0 Å². The van der Waals surface area contributed by atoms with Crippen molar-refractivity contribution in [1.29, 1.82) is 0 Å². The molecule has 158 valence electrons. The fraction of sp³-hybridized carbons (Fsp3) is 0.944. The summed E-state index contributed by atoms with van der Waals surface area (Å²) in [5, 5.41) is 43.5. The third-order valence-corrected chi connectivity index (χ3v) is 6.51. The molecule has 0 aromatic rings. The Bertz CT molecular complexity index is 494. The number of likely N-dealkylation sites (N-methyl/N-ethyl adjacent to an activating group) is 1. The van der Waals surface area contributed by atoms with Crippen LogP contribution in [0.1, 0.15) is 33.1 Å². The number of aliphatic hydroxyl groups is 4. The molecule has 0 spiro atoms. The predicted octanol–water partition coefficient (Wildman–Crippen LogP) is -0.857. The number of likely N-dealkylation sites (tertiary alicyclic amines) is 1. The van der Waals surface area contributed by atoms with Crippen LogP contribution in [0.15, 0.2) is 0 Å². The van der Waals surface area contributed by atoms with Crippen molar-refractivity contribution in [2.75, 3.05) is 19.8 Å². The lowest BCUT2D eigenvalue weighted by atomic mass is 9.92. The molecule has 8 nitrogen and oxygen atoms in total. The van der Waals surface area contributed by atoms with Crippen LogP contribution in [0.25, 0.3) is 0 Å². The topological polar surface area (TPSA) is 122 Å². The van der Waals surface area contributed by atoms with Crippen molar-refractivity contribution in [2.45, 2.75) is 81.1 Å². The van der Waals surface area contributed by atoms with Crippen LogP contribution in [-0.4, -0.2) is 99.1 Å². The minimum atomic E-state index is -1.42. The summed E-state index contributed by atoms with van der Waals surface area (Å²) in [5.41, 5.74) is -0.755. The van der Waals surface area contributed by atoms with Crippen molar-refractivity contribution in [1.82, 2.24) is 10.2 Å². The van der Waals surface area contributed by atoms with Crippen LogP contribution in [0.4, 0.5) is 0 Å². The van der Waals surface area contributed by atoms with E-state index in [0.29, 0.717) is 5.92 Å². The molecule has 2 aliphatic heterocycles. The molecule has 0 saturated carbocycles. The van der Waals surface area contributed by atoms with E-state index in [-0.39, 0.29) is 11.9 Å². The first-order valence-corrected chi connectivity index (χ1v) is 10.9. The molecule has 7 unspecified atom stereocenters. The van der Waals surface area contributed by atoms with E-state index in [1.54, 1.807) is 6.26 Å². The second-order valence-electron chi connectivity index (χ2n) is 7.80.